The van der Waals surface area contributed by atoms with E-state index in [1.165, 1.54) is 0 Å². The van der Waals surface area contributed by atoms with Gasteiger partial charge in [0, 0.05) is 29.8 Å². The number of carbonyl (C=O) groups is 1. The fourth-order valence-corrected chi connectivity index (χ4v) is 5.03. The lowest BCUT2D eigenvalue weighted by Crippen LogP contribution is -2.48. The molecule has 4 aromatic rings. The number of nitrogens with one attached hydrogen (secondary N) is 2. The Labute approximate surface area is 222 Å². The molecule has 2 heterocycles. The predicted octanol–water partition coefficient (Wildman–Crippen LogP) is 5.77. The maximum absolute atomic E-state index is 13.1. The van der Waals surface area contributed by atoms with E-state index in [0.717, 1.165) is 64.8 Å². The number of rotatable bonds is 6. The maximum atomic E-state index is 13.1. The summed E-state index contributed by atoms with van der Waals surface area (Å²) in [5.41, 5.74) is 6.29. The number of hydrogen-bond acceptors (Lipinski definition) is 6. The first-order chi connectivity index (χ1) is 18.6. The first-order valence-electron chi connectivity index (χ1n) is 12.7. The number of benzene rings is 4. The third kappa shape index (κ3) is 4.53. The second kappa shape index (κ2) is 10.1. The fraction of sp³-hybridized carbons (Fsp3) is 0.194. The zero-order valence-corrected chi connectivity index (χ0v) is 21.4. The molecule has 0 spiro atoms. The SMILES string of the molecule is COc1cccc(-c2cc(C(=O)Nc3ccc(-c4ccc5c(c4)N4CNCCC4O5)cc3)ccc2OC)c1. The first kappa shape index (κ1) is 23.9. The fourth-order valence-electron chi connectivity index (χ4n) is 5.03. The van der Waals surface area contributed by atoms with Crippen LogP contribution in [0.15, 0.2) is 84.9 Å². The molecular weight excluding hydrogens is 478 g/mol. The number of nitrogens with zero attached hydrogens (tertiary/aromatic N) is 1. The van der Waals surface area contributed by atoms with Crippen LogP contribution in [0.1, 0.15) is 16.8 Å². The van der Waals surface area contributed by atoms with E-state index in [0.29, 0.717) is 11.3 Å². The molecule has 1 amide bonds. The van der Waals surface area contributed by atoms with Crippen molar-refractivity contribution in [2.45, 2.75) is 12.6 Å². The minimum absolute atomic E-state index is 0.112. The van der Waals surface area contributed by atoms with E-state index < -0.39 is 0 Å². The van der Waals surface area contributed by atoms with Crippen LogP contribution in [0.3, 0.4) is 0 Å². The van der Waals surface area contributed by atoms with Crippen molar-refractivity contribution in [2.75, 3.05) is 37.6 Å². The van der Waals surface area contributed by atoms with Crippen LogP contribution in [0.5, 0.6) is 17.2 Å². The summed E-state index contributed by atoms with van der Waals surface area (Å²) in [7, 11) is 3.25. The Kier molecular flexibility index (Phi) is 6.35. The van der Waals surface area contributed by atoms with Crippen LogP contribution < -0.4 is 29.7 Å². The van der Waals surface area contributed by atoms with Gasteiger partial charge in [-0.15, -0.1) is 0 Å². The van der Waals surface area contributed by atoms with Crippen LogP contribution >= 0.6 is 0 Å². The number of ether oxygens (including phenoxy) is 3. The molecule has 0 saturated carbocycles. The molecule has 7 heteroatoms. The molecule has 2 aliphatic rings. The van der Waals surface area contributed by atoms with Crippen molar-refractivity contribution in [3.8, 4) is 39.5 Å². The Morgan fingerprint density at radius 3 is 2.58 bits per heavy atom. The topological polar surface area (TPSA) is 72.1 Å². The lowest BCUT2D eigenvalue weighted by atomic mass is 10.0. The number of anilines is 2. The standard InChI is InChI=1S/C31H29N3O4/c1-36-25-5-3-4-22(16-25)26-17-23(9-12-28(26)37-2)31(35)33-24-10-6-20(7-11-24)21-8-13-29-27(18-21)34-19-32-15-14-30(34)38-29/h3-13,16-18,30,32H,14-15,19H2,1-2H3,(H,33,35). The van der Waals surface area contributed by atoms with Crippen molar-refractivity contribution in [2.24, 2.45) is 0 Å². The summed E-state index contributed by atoms with van der Waals surface area (Å²) < 4.78 is 17.0. The summed E-state index contributed by atoms with van der Waals surface area (Å²) in [6.45, 7) is 1.75. The molecule has 38 heavy (non-hydrogen) atoms. The van der Waals surface area contributed by atoms with Crippen LogP contribution in [-0.4, -0.2) is 39.6 Å². The predicted molar refractivity (Wildman–Crippen MR) is 149 cm³/mol. The van der Waals surface area contributed by atoms with E-state index in [9.17, 15) is 4.79 Å². The molecule has 1 fully saturated rings. The summed E-state index contributed by atoms with van der Waals surface area (Å²) in [6, 6.07) is 27.3. The van der Waals surface area contributed by atoms with Crippen LogP contribution in [0.25, 0.3) is 22.3 Å². The molecule has 2 N–H and O–H groups in total. The molecule has 1 unspecified atom stereocenters. The highest BCUT2D eigenvalue weighted by Crippen LogP contribution is 2.41. The molecule has 1 atom stereocenters. The molecule has 2 aliphatic heterocycles. The van der Waals surface area contributed by atoms with Gasteiger partial charge in [0.05, 0.1) is 26.6 Å². The van der Waals surface area contributed by atoms with E-state index in [-0.39, 0.29) is 12.1 Å². The van der Waals surface area contributed by atoms with Gasteiger partial charge in [-0.1, -0.05) is 30.3 Å². The Balaban J connectivity index is 1.20. The highest BCUT2D eigenvalue weighted by atomic mass is 16.5. The van der Waals surface area contributed by atoms with Crippen LogP contribution in [0.2, 0.25) is 0 Å². The van der Waals surface area contributed by atoms with Gasteiger partial charge in [0.2, 0.25) is 0 Å². The van der Waals surface area contributed by atoms with Crippen molar-refractivity contribution in [1.82, 2.24) is 5.32 Å². The number of hydrogen-bond donors (Lipinski definition) is 2. The third-order valence-electron chi connectivity index (χ3n) is 7.05. The van der Waals surface area contributed by atoms with Gasteiger partial charge in [-0.25, -0.2) is 0 Å². The van der Waals surface area contributed by atoms with Gasteiger partial charge < -0.3 is 24.4 Å². The largest absolute Gasteiger partial charge is 0.497 e. The van der Waals surface area contributed by atoms with E-state index in [4.69, 9.17) is 14.2 Å². The molecule has 0 bridgehead atoms. The quantitative estimate of drug-likeness (QED) is 0.346. The number of methoxy groups -OCH3 is 2. The van der Waals surface area contributed by atoms with E-state index >= 15 is 0 Å². The van der Waals surface area contributed by atoms with Gasteiger partial charge in [-0.05, 0) is 71.3 Å². The number of amides is 1. The van der Waals surface area contributed by atoms with Crippen LogP contribution in [0.4, 0.5) is 11.4 Å². The molecule has 0 aromatic heterocycles. The normalized spacial score (nSPS) is 15.7. The Morgan fingerprint density at radius 2 is 1.76 bits per heavy atom. The van der Waals surface area contributed by atoms with E-state index in [1.807, 2.05) is 66.7 Å². The molecular formula is C31H29N3O4. The van der Waals surface area contributed by atoms with Gasteiger partial charge in [0.1, 0.15) is 17.2 Å². The average molecular weight is 508 g/mol. The lowest BCUT2D eigenvalue weighted by Gasteiger charge is -2.30. The van der Waals surface area contributed by atoms with Gasteiger partial charge in [0.15, 0.2) is 6.23 Å². The zero-order chi connectivity index (χ0) is 26.1. The number of carbonyl (C=O) groups excluding carboxylic acids is 1. The minimum Gasteiger partial charge on any atom is -0.497 e. The highest BCUT2D eigenvalue weighted by Gasteiger charge is 2.32. The average Bonchev–Trinajstić information content (AvgIpc) is 3.35. The van der Waals surface area contributed by atoms with Crippen LogP contribution in [-0.2, 0) is 0 Å². The first-order valence-corrected chi connectivity index (χ1v) is 12.7. The van der Waals surface area contributed by atoms with Gasteiger partial charge in [-0.3, -0.25) is 10.1 Å². The summed E-state index contributed by atoms with van der Waals surface area (Å²) in [6.07, 6.45) is 1.08. The van der Waals surface area contributed by atoms with Crippen molar-refractivity contribution in [3.05, 3.63) is 90.5 Å². The van der Waals surface area contributed by atoms with E-state index in [1.54, 1.807) is 20.3 Å². The van der Waals surface area contributed by atoms with Crippen molar-refractivity contribution < 1.29 is 19.0 Å². The van der Waals surface area contributed by atoms with Gasteiger partial charge in [-0.2, -0.15) is 0 Å². The Bertz CT molecular complexity index is 1490. The summed E-state index contributed by atoms with van der Waals surface area (Å²) in [5, 5.41) is 6.43. The van der Waals surface area contributed by atoms with Crippen LogP contribution in [0, 0.1) is 0 Å². The molecule has 0 aliphatic carbocycles. The van der Waals surface area contributed by atoms with Gasteiger partial charge in [0.25, 0.3) is 5.91 Å². The minimum atomic E-state index is -0.192. The number of fused-ring (bicyclic) bond motifs is 3. The monoisotopic (exact) mass is 507 g/mol. The van der Waals surface area contributed by atoms with E-state index in [2.05, 4.69) is 27.7 Å². The van der Waals surface area contributed by atoms with Crippen molar-refractivity contribution in [1.29, 1.82) is 0 Å². The van der Waals surface area contributed by atoms with Gasteiger partial charge >= 0.3 is 0 Å². The van der Waals surface area contributed by atoms with Crippen molar-refractivity contribution >= 4 is 17.3 Å². The second-order valence-electron chi connectivity index (χ2n) is 9.35. The Hall–Kier alpha value is -4.49. The summed E-state index contributed by atoms with van der Waals surface area (Å²) in [5.74, 6) is 2.16. The molecule has 4 aromatic carbocycles. The highest BCUT2D eigenvalue weighted by molar-refractivity contribution is 6.05. The van der Waals surface area contributed by atoms with Crippen molar-refractivity contribution in [3.63, 3.8) is 0 Å². The summed E-state index contributed by atoms with van der Waals surface area (Å²) in [4.78, 5) is 15.4. The smallest absolute Gasteiger partial charge is 0.255 e. The Morgan fingerprint density at radius 1 is 0.921 bits per heavy atom. The third-order valence-corrected chi connectivity index (χ3v) is 7.05. The molecule has 1 saturated heterocycles. The molecule has 7 nitrogen and oxygen atoms in total. The molecule has 192 valence electrons. The second-order valence-corrected chi connectivity index (χ2v) is 9.35. The molecule has 0 radical (unpaired) electrons. The lowest BCUT2D eigenvalue weighted by molar-refractivity contribution is 0.102. The zero-order valence-electron chi connectivity index (χ0n) is 21.4. The molecule has 6 rings (SSSR count). The summed E-state index contributed by atoms with van der Waals surface area (Å²) >= 11 is 0. The maximum Gasteiger partial charge on any atom is 0.255 e.